The summed E-state index contributed by atoms with van der Waals surface area (Å²) in [6.07, 6.45) is 1.89. The van der Waals surface area contributed by atoms with Gasteiger partial charge in [-0.3, -0.25) is 0 Å². The van der Waals surface area contributed by atoms with Crippen molar-refractivity contribution in [2.24, 2.45) is 0 Å². The van der Waals surface area contributed by atoms with E-state index in [0.29, 0.717) is 29.1 Å². The minimum Gasteiger partial charge on any atom is -0.490 e. The molecule has 0 fully saturated rings. The highest BCUT2D eigenvalue weighted by Gasteiger charge is 2.18. The summed E-state index contributed by atoms with van der Waals surface area (Å²) >= 11 is 0. The molecule has 0 aliphatic carbocycles. The van der Waals surface area contributed by atoms with Gasteiger partial charge in [0.15, 0.2) is 0 Å². The van der Waals surface area contributed by atoms with E-state index in [1.165, 1.54) is 0 Å². The Hall–Kier alpha value is -2.77. The number of aliphatic hydroxyl groups is 2. The summed E-state index contributed by atoms with van der Waals surface area (Å²) in [6.45, 7) is 10.1. The molecule has 172 valence electrons. The Morgan fingerprint density at radius 2 is 1.78 bits per heavy atom. The molecule has 2 aromatic heterocycles. The Morgan fingerprint density at radius 1 is 1.03 bits per heavy atom. The topological polar surface area (TPSA) is 102 Å². The average molecular weight is 440 g/mol. The van der Waals surface area contributed by atoms with Gasteiger partial charge < -0.3 is 19.5 Å². The predicted octanol–water partition coefficient (Wildman–Crippen LogP) is 4.61. The maximum absolute atomic E-state index is 9.61. The molecule has 0 saturated heterocycles. The van der Waals surface area contributed by atoms with Gasteiger partial charge in [0.05, 0.1) is 6.61 Å². The first-order valence-corrected chi connectivity index (χ1v) is 11.3. The van der Waals surface area contributed by atoms with Crippen LogP contribution in [0.5, 0.6) is 5.75 Å². The number of rotatable bonds is 10. The Bertz CT molecular complexity index is 1040. The highest BCUT2D eigenvalue weighted by Crippen LogP contribution is 2.32. The van der Waals surface area contributed by atoms with E-state index in [9.17, 15) is 5.11 Å². The minimum absolute atomic E-state index is 0.0356. The number of hydrogen-bond acceptors (Lipinski definition) is 7. The van der Waals surface area contributed by atoms with Crippen LogP contribution in [-0.4, -0.2) is 44.7 Å². The van der Waals surface area contributed by atoms with E-state index < -0.39 is 6.10 Å². The van der Waals surface area contributed by atoms with Crippen molar-refractivity contribution in [1.82, 2.24) is 15.1 Å². The number of hydrogen-bond donors (Lipinski definition) is 2. The third-order valence-corrected chi connectivity index (χ3v) is 5.66. The maximum Gasteiger partial charge on any atom is 0.276 e. The lowest BCUT2D eigenvalue weighted by molar-refractivity contribution is 0.0531. The van der Waals surface area contributed by atoms with Gasteiger partial charge in [-0.05, 0) is 74.1 Å². The van der Waals surface area contributed by atoms with Crippen LogP contribution in [0.4, 0.5) is 0 Å². The summed E-state index contributed by atoms with van der Waals surface area (Å²) in [5.74, 6) is 2.01. The monoisotopic (exact) mass is 439 g/mol. The summed E-state index contributed by atoms with van der Waals surface area (Å²) in [5.41, 5.74) is 5.57. The lowest BCUT2D eigenvalue weighted by Crippen LogP contribution is -2.22. The molecular weight excluding hydrogens is 406 g/mol. The average Bonchev–Trinajstić information content (AvgIpc) is 3.28. The number of pyridine rings is 1. The molecule has 1 aromatic carbocycles. The second-order valence-corrected chi connectivity index (χ2v) is 8.17. The van der Waals surface area contributed by atoms with Crippen molar-refractivity contribution in [3.63, 3.8) is 0 Å². The van der Waals surface area contributed by atoms with Crippen molar-refractivity contribution >= 4 is 0 Å². The molecule has 0 radical (unpaired) electrons. The van der Waals surface area contributed by atoms with Crippen molar-refractivity contribution in [2.75, 3.05) is 13.2 Å². The van der Waals surface area contributed by atoms with Crippen molar-refractivity contribution in [1.29, 1.82) is 0 Å². The van der Waals surface area contributed by atoms with Crippen LogP contribution in [0.15, 0.2) is 28.8 Å². The van der Waals surface area contributed by atoms with Crippen molar-refractivity contribution in [3.05, 3.63) is 46.6 Å². The van der Waals surface area contributed by atoms with E-state index in [4.69, 9.17) is 19.4 Å². The number of nitrogens with zero attached hydrogens (tertiary/aromatic N) is 3. The Kier molecular flexibility index (Phi) is 7.99. The molecule has 7 heteroatoms. The largest absolute Gasteiger partial charge is 0.490 e. The molecule has 0 spiro atoms. The number of benzene rings is 1. The van der Waals surface area contributed by atoms with Crippen LogP contribution in [0.2, 0.25) is 0 Å². The second kappa shape index (κ2) is 10.7. The zero-order valence-corrected chi connectivity index (χ0v) is 19.6. The van der Waals surface area contributed by atoms with E-state index in [2.05, 4.69) is 37.0 Å². The number of ether oxygens (including phenoxy) is 1. The van der Waals surface area contributed by atoms with E-state index in [-0.39, 0.29) is 13.2 Å². The Labute approximate surface area is 189 Å². The van der Waals surface area contributed by atoms with Gasteiger partial charge in [0.25, 0.3) is 5.89 Å². The third kappa shape index (κ3) is 5.34. The van der Waals surface area contributed by atoms with E-state index in [1.807, 2.05) is 32.0 Å². The molecular formula is C25H33N3O4. The molecule has 3 aromatic rings. The van der Waals surface area contributed by atoms with Crippen LogP contribution in [0.3, 0.4) is 0 Å². The fourth-order valence-electron chi connectivity index (χ4n) is 3.84. The first kappa shape index (κ1) is 23.9. The lowest BCUT2D eigenvalue weighted by Gasteiger charge is -2.16. The fourth-order valence-corrected chi connectivity index (χ4v) is 3.84. The minimum atomic E-state index is -0.912. The van der Waals surface area contributed by atoms with Gasteiger partial charge in [0.2, 0.25) is 5.82 Å². The summed E-state index contributed by atoms with van der Waals surface area (Å²) in [6, 6.07) is 8.01. The van der Waals surface area contributed by atoms with Crippen molar-refractivity contribution < 1.29 is 19.5 Å². The molecule has 7 nitrogen and oxygen atoms in total. The molecule has 1 atom stereocenters. The maximum atomic E-state index is 9.61. The zero-order valence-electron chi connectivity index (χ0n) is 19.6. The van der Waals surface area contributed by atoms with Gasteiger partial charge in [-0.2, -0.15) is 4.98 Å². The second-order valence-electron chi connectivity index (χ2n) is 8.17. The highest BCUT2D eigenvalue weighted by atomic mass is 16.5. The first-order valence-electron chi connectivity index (χ1n) is 11.3. The molecule has 32 heavy (non-hydrogen) atoms. The smallest absolute Gasteiger partial charge is 0.276 e. The van der Waals surface area contributed by atoms with Crippen LogP contribution < -0.4 is 4.74 Å². The number of aryl methyl sites for hydroxylation is 3. The van der Waals surface area contributed by atoms with Gasteiger partial charge in [0, 0.05) is 17.2 Å². The van der Waals surface area contributed by atoms with E-state index in [1.54, 1.807) is 0 Å². The van der Waals surface area contributed by atoms with Gasteiger partial charge >= 0.3 is 0 Å². The zero-order chi connectivity index (χ0) is 23.3. The molecule has 3 rings (SSSR count). The Morgan fingerprint density at radius 3 is 2.44 bits per heavy atom. The quantitative estimate of drug-likeness (QED) is 0.475. The third-order valence-electron chi connectivity index (χ3n) is 5.66. The molecule has 0 bridgehead atoms. The molecule has 0 unspecified atom stereocenters. The lowest BCUT2D eigenvalue weighted by atomic mass is 9.97. The molecule has 2 heterocycles. The Balaban J connectivity index is 1.92. The summed E-state index contributed by atoms with van der Waals surface area (Å²) in [4.78, 5) is 9.43. The van der Waals surface area contributed by atoms with Crippen molar-refractivity contribution in [2.45, 2.75) is 65.9 Å². The highest BCUT2D eigenvalue weighted by molar-refractivity contribution is 5.63. The number of aliphatic hydroxyl groups excluding tert-OH is 2. The van der Waals surface area contributed by atoms with Crippen LogP contribution in [-0.2, 0) is 6.42 Å². The first-order chi connectivity index (χ1) is 15.4. The molecule has 2 N–H and O–H groups in total. The molecule has 0 aliphatic heterocycles. The van der Waals surface area contributed by atoms with Crippen LogP contribution in [0.25, 0.3) is 23.0 Å². The molecule has 0 saturated carbocycles. The normalized spacial score (nSPS) is 12.4. The van der Waals surface area contributed by atoms with Gasteiger partial charge in [-0.1, -0.05) is 25.9 Å². The summed E-state index contributed by atoms with van der Waals surface area (Å²) in [5, 5.41) is 22.8. The number of aromatic nitrogens is 3. The van der Waals surface area contributed by atoms with Crippen LogP contribution in [0.1, 0.15) is 61.9 Å². The standard InChI is InChI=1S/C25H33N3O4/c1-6-17(7-2)21-9-15(4)10-22(26-21)25-27-24(28-32-25)19-11-16(5)23(18(8-3)12-19)31-14-20(30)13-29/h9-12,17,20,29-30H,6-8,13-14H2,1-5H3/t20-/m0/s1. The summed E-state index contributed by atoms with van der Waals surface area (Å²) in [7, 11) is 0. The molecule has 0 aliphatic rings. The fraction of sp³-hybridized carbons (Fsp3) is 0.480. The SMILES string of the molecule is CCc1cc(-c2noc(-c3cc(C)cc(C(CC)CC)n3)n2)cc(C)c1OC[C@@H](O)CO. The van der Waals surface area contributed by atoms with Gasteiger partial charge in [-0.25, -0.2) is 4.98 Å². The predicted molar refractivity (Wildman–Crippen MR) is 124 cm³/mol. The van der Waals surface area contributed by atoms with E-state index in [0.717, 1.165) is 47.2 Å². The van der Waals surface area contributed by atoms with Gasteiger partial charge in [0.1, 0.15) is 24.2 Å². The summed E-state index contributed by atoms with van der Waals surface area (Å²) < 4.78 is 11.3. The van der Waals surface area contributed by atoms with Gasteiger partial charge in [-0.15, -0.1) is 0 Å². The molecule has 0 amide bonds. The van der Waals surface area contributed by atoms with Crippen LogP contribution >= 0.6 is 0 Å². The van der Waals surface area contributed by atoms with Crippen LogP contribution in [0, 0.1) is 13.8 Å². The van der Waals surface area contributed by atoms with E-state index >= 15 is 0 Å². The van der Waals surface area contributed by atoms with Crippen molar-refractivity contribution in [3.8, 4) is 28.7 Å².